The molecule has 0 amide bonds. The standard InChI is InChI=1S/C25H22N4/c1-3-22-21(10-9-18-7-5-4-6-8-18)25(19(15-26)16-28-22)29-23-11-12-24-20(17(23)2)13-14-27-24/h4-14,16,27H,3H2,1-2H3,(H,28,29). The highest BCUT2D eigenvalue weighted by Gasteiger charge is 2.14. The molecule has 4 heteroatoms. The first kappa shape index (κ1) is 18.5. The molecule has 0 bridgehead atoms. The zero-order valence-electron chi connectivity index (χ0n) is 16.5. The zero-order valence-corrected chi connectivity index (χ0v) is 16.5. The van der Waals surface area contributed by atoms with Gasteiger partial charge in [0.15, 0.2) is 0 Å². The van der Waals surface area contributed by atoms with Crippen LogP contribution >= 0.6 is 0 Å². The predicted molar refractivity (Wildman–Crippen MR) is 120 cm³/mol. The van der Waals surface area contributed by atoms with Gasteiger partial charge in [-0.2, -0.15) is 5.26 Å². The quantitative estimate of drug-likeness (QED) is 0.433. The van der Waals surface area contributed by atoms with Gasteiger partial charge in [0, 0.05) is 40.2 Å². The molecule has 2 aromatic heterocycles. The minimum atomic E-state index is 0.531. The van der Waals surface area contributed by atoms with Crippen LogP contribution in [0.15, 0.2) is 60.9 Å². The molecule has 2 aromatic carbocycles. The van der Waals surface area contributed by atoms with Crippen LogP contribution in [-0.2, 0) is 6.42 Å². The number of anilines is 2. The summed E-state index contributed by atoms with van der Waals surface area (Å²) >= 11 is 0. The number of nitrogens with zero attached hydrogens (tertiary/aromatic N) is 2. The fourth-order valence-electron chi connectivity index (χ4n) is 3.54. The van der Waals surface area contributed by atoms with Gasteiger partial charge >= 0.3 is 0 Å². The average molecular weight is 378 g/mol. The van der Waals surface area contributed by atoms with Crippen molar-refractivity contribution in [3.05, 3.63) is 88.9 Å². The summed E-state index contributed by atoms with van der Waals surface area (Å²) < 4.78 is 0. The first-order valence-electron chi connectivity index (χ1n) is 9.70. The second-order valence-electron chi connectivity index (χ2n) is 6.92. The van der Waals surface area contributed by atoms with Crippen molar-refractivity contribution in [1.82, 2.24) is 9.97 Å². The van der Waals surface area contributed by atoms with Crippen LogP contribution in [0, 0.1) is 18.3 Å². The molecule has 0 aliphatic heterocycles. The summed E-state index contributed by atoms with van der Waals surface area (Å²) in [5.41, 5.74) is 7.56. The van der Waals surface area contributed by atoms with Gasteiger partial charge < -0.3 is 10.3 Å². The summed E-state index contributed by atoms with van der Waals surface area (Å²) in [7, 11) is 0. The largest absolute Gasteiger partial charge is 0.361 e. The van der Waals surface area contributed by atoms with E-state index in [9.17, 15) is 5.26 Å². The molecule has 0 aliphatic rings. The molecule has 142 valence electrons. The van der Waals surface area contributed by atoms with Crippen LogP contribution in [-0.4, -0.2) is 9.97 Å². The Morgan fingerprint density at radius 1 is 1.10 bits per heavy atom. The van der Waals surface area contributed by atoms with Crippen molar-refractivity contribution >= 4 is 34.4 Å². The fraction of sp³-hybridized carbons (Fsp3) is 0.120. The Hall–Kier alpha value is -3.84. The number of aromatic nitrogens is 2. The smallest absolute Gasteiger partial charge is 0.103 e. The van der Waals surface area contributed by atoms with Crippen molar-refractivity contribution in [2.45, 2.75) is 20.3 Å². The van der Waals surface area contributed by atoms with Crippen LogP contribution in [0.5, 0.6) is 0 Å². The molecule has 4 nitrogen and oxygen atoms in total. The summed E-state index contributed by atoms with van der Waals surface area (Å²) in [6.07, 6.45) is 8.49. The SMILES string of the molecule is CCc1ncc(C#N)c(Nc2ccc3[nH]ccc3c2C)c1C=Cc1ccccc1. The van der Waals surface area contributed by atoms with Gasteiger partial charge in [-0.3, -0.25) is 4.98 Å². The van der Waals surface area contributed by atoms with Crippen molar-refractivity contribution in [2.24, 2.45) is 0 Å². The van der Waals surface area contributed by atoms with E-state index in [0.717, 1.165) is 45.7 Å². The van der Waals surface area contributed by atoms with E-state index in [0.29, 0.717) is 5.56 Å². The Kier molecular flexibility index (Phi) is 5.13. The molecule has 4 aromatic rings. The summed E-state index contributed by atoms with van der Waals surface area (Å²) in [5, 5.41) is 14.4. The fourth-order valence-corrected chi connectivity index (χ4v) is 3.54. The molecule has 0 atom stereocenters. The van der Waals surface area contributed by atoms with Crippen molar-refractivity contribution in [2.75, 3.05) is 5.32 Å². The van der Waals surface area contributed by atoms with E-state index in [1.54, 1.807) is 6.20 Å². The molecular weight excluding hydrogens is 356 g/mol. The number of pyridine rings is 1. The molecule has 29 heavy (non-hydrogen) atoms. The summed E-state index contributed by atoms with van der Waals surface area (Å²) in [6.45, 7) is 4.17. The highest BCUT2D eigenvalue weighted by Crippen LogP contribution is 2.32. The molecule has 0 saturated carbocycles. The van der Waals surface area contributed by atoms with Crippen molar-refractivity contribution in [1.29, 1.82) is 5.26 Å². The number of hydrogen-bond acceptors (Lipinski definition) is 3. The number of rotatable bonds is 5. The van der Waals surface area contributed by atoms with Crippen LogP contribution < -0.4 is 5.32 Å². The zero-order chi connectivity index (χ0) is 20.2. The Morgan fingerprint density at radius 2 is 1.93 bits per heavy atom. The van der Waals surface area contributed by atoms with Crippen molar-refractivity contribution in [3.63, 3.8) is 0 Å². The van der Waals surface area contributed by atoms with E-state index in [2.05, 4.69) is 71.6 Å². The molecule has 0 radical (unpaired) electrons. The van der Waals surface area contributed by atoms with Gasteiger partial charge in [0.25, 0.3) is 0 Å². The number of nitrogens with one attached hydrogen (secondary N) is 2. The van der Waals surface area contributed by atoms with Gasteiger partial charge in [-0.05, 0) is 42.7 Å². The highest BCUT2D eigenvalue weighted by molar-refractivity contribution is 5.90. The van der Waals surface area contributed by atoms with Gasteiger partial charge in [0.1, 0.15) is 6.07 Å². The molecule has 2 N–H and O–H groups in total. The third-order valence-electron chi connectivity index (χ3n) is 5.16. The second-order valence-corrected chi connectivity index (χ2v) is 6.92. The lowest BCUT2D eigenvalue weighted by Gasteiger charge is -2.16. The van der Waals surface area contributed by atoms with E-state index >= 15 is 0 Å². The topological polar surface area (TPSA) is 64.5 Å². The van der Waals surface area contributed by atoms with E-state index in [1.807, 2.05) is 30.5 Å². The van der Waals surface area contributed by atoms with E-state index in [4.69, 9.17) is 0 Å². The van der Waals surface area contributed by atoms with Gasteiger partial charge in [-0.1, -0.05) is 49.4 Å². The second kappa shape index (κ2) is 8.04. The molecule has 4 rings (SSSR count). The number of hydrogen-bond donors (Lipinski definition) is 2. The number of aryl methyl sites for hydroxylation is 2. The summed E-state index contributed by atoms with van der Waals surface area (Å²) in [4.78, 5) is 7.77. The molecule has 0 aliphatic carbocycles. The molecule has 2 heterocycles. The van der Waals surface area contributed by atoms with E-state index in [-0.39, 0.29) is 0 Å². The first-order chi connectivity index (χ1) is 14.2. The lowest BCUT2D eigenvalue weighted by molar-refractivity contribution is 1.03. The molecule has 0 saturated heterocycles. The Balaban J connectivity index is 1.83. The van der Waals surface area contributed by atoms with Crippen LogP contribution in [0.1, 0.15) is 34.9 Å². The number of H-pyrrole nitrogens is 1. The molecule has 0 unspecified atom stereocenters. The Morgan fingerprint density at radius 3 is 2.69 bits per heavy atom. The van der Waals surface area contributed by atoms with Crippen LogP contribution in [0.4, 0.5) is 11.4 Å². The predicted octanol–water partition coefficient (Wildman–Crippen LogP) is 6.22. The molecular formula is C25H22N4. The van der Waals surface area contributed by atoms with Gasteiger partial charge in [-0.15, -0.1) is 0 Å². The number of fused-ring (bicyclic) bond motifs is 1. The lowest BCUT2D eigenvalue weighted by atomic mass is 10.0. The Labute approximate surface area is 170 Å². The average Bonchev–Trinajstić information content (AvgIpc) is 3.24. The van der Waals surface area contributed by atoms with Gasteiger partial charge in [-0.25, -0.2) is 0 Å². The maximum absolute atomic E-state index is 9.72. The maximum atomic E-state index is 9.72. The van der Waals surface area contributed by atoms with Crippen LogP contribution in [0.2, 0.25) is 0 Å². The van der Waals surface area contributed by atoms with Gasteiger partial charge in [0.05, 0.1) is 11.3 Å². The van der Waals surface area contributed by atoms with Crippen molar-refractivity contribution < 1.29 is 0 Å². The summed E-state index contributed by atoms with van der Waals surface area (Å²) in [6, 6.07) is 18.6. The third kappa shape index (κ3) is 3.63. The number of benzene rings is 2. The normalized spacial score (nSPS) is 11.1. The molecule has 0 fully saturated rings. The maximum Gasteiger partial charge on any atom is 0.103 e. The van der Waals surface area contributed by atoms with Crippen molar-refractivity contribution in [3.8, 4) is 6.07 Å². The van der Waals surface area contributed by atoms with E-state index in [1.165, 1.54) is 5.39 Å². The van der Waals surface area contributed by atoms with Crippen LogP contribution in [0.3, 0.4) is 0 Å². The highest BCUT2D eigenvalue weighted by atomic mass is 14.9. The first-order valence-corrected chi connectivity index (χ1v) is 9.70. The lowest BCUT2D eigenvalue weighted by Crippen LogP contribution is -2.03. The Bertz CT molecular complexity index is 1230. The summed E-state index contributed by atoms with van der Waals surface area (Å²) in [5.74, 6) is 0. The monoisotopic (exact) mass is 378 g/mol. The minimum absolute atomic E-state index is 0.531. The molecule has 0 spiro atoms. The van der Waals surface area contributed by atoms with Gasteiger partial charge in [0.2, 0.25) is 0 Å². The van der Waals surface area contributed by atoms with E-state index < -0.39 is 0 Å². The third-order valence-corrected chi connectivity index (χ3v) is 5.16. The minimum Gasteiger partial charge on any atom is -0.361 e. The number of aromatic amines is 1. The number of nitriles is 1. The van der Waals surface area contributed by atoms with Crippen LogP contribution in [0.25, 0.3) is 23.1 Å².